The highest BCUT2D eigenvalue weighted by Gasteiger charge is 2.19. The summed E-state index contributed by atoms with van der Waals surface area (Å²) in [5.74, 6) is 1.22. The van der Waals surface area contributed by atoms with E-state index in [0.29, 0.717) is 59.2 Å². The maximum absolute atomic E-state index is 9.24. The van der Waals surface area contributed by atoms with Crippen LogP contribution < -0.4 is 9.47 Å². The first-order chi connectivity index (χ1) is 20.3. The number of hydrogen-bond donors (Lipinski definition) is 2. The number of aliphatic hydroxyl groups is 2. The Hall–Kier alpha value is -3.24. The molecule has 2 N–H and O–H groups in total. The number of aliphatic hydroxyl groups excluding tert-OH is 2. The van der Waals surface area contributed by atoms with E-state index in [-0.39, 0.29) is 13.2 Å². The van der Waals surface area contributed by atoms with Crippen molar-refractivity contribution in [2.24, 2.45) is 0 Å². The summed E-state index contributed by atoms with van der Waals surface area (Å²) < 4.78 is 11.3. The third-order valence-electron chi connectivity index (χ3n) is 6.99. The molecule has 0 aliphatic rings. The van der Waals surface area contributed by atoms with Crippen molar-refractivity contribution < 1.29 is 19.7 Å². The van der Waals surface area contributed by atoms with Crippen molar-refractivity contribution in [3.05, 3.63) is 82.0 Å². The minimum Gasteiger partial charge on any atom is -0.496 e. The Morgan fingerprint density at radius 3 is 2.07 bits per heavy atom. The first-order valence-corrected chi connectivity index (χ1v) is 14.3. The van der Waals surface area contributed by atoms with Crippen molar-refractivity contribution in [2.75, 3.05) is 54.6 Å². The number of aromatic nitrogens is 2. The molecular formula is C32H36Cl2N4O4. The minimum atomic E-state index is 0.0773. The van der Waals surface area contributed by atoms with Crippen molar-refractivity contribution >= 4 is 23.2 Å². The monoisotopic (exact) mass is 610 g/mol. The molecule has 2 aromatic carbocycles. The Bertz CT molecular complexity index is 1410. The molecule has 0 fully saturated rings. The third kappa shape index (κ3) is 7.21. The fourth-order valence-corrected chi connectivity index (χ4v) is 5.46. The van der Waals surface area contributed by atoms with Crippen molar-refractivity contribution in [1.82, 2.24) is 19.8 Å². The number of benzene rings is 2. The largest absolute Gasteiger partial charge is 0.496 e. The summed E-state index contributed by atoms with van der Waals surface area (Å²) in [5, 5.41) is 19.5. The molecule has 0 saturated carbocycles. The summed E-state index contributed by atoms with van der Waals surface area (Å²) in [6.07, 6.45) is 1.72. The van der Waals surface area contributed by atoms with Crippen LogP contribution in [-0.4, -0.2) is 84.6 Å². The van der Waals surface area contributed by atoms with E-state index in [4.69, 9.17) is 37.7 Å². The maximum Gasteiger partial charge on any atom is 0.218 e. The van der Waals surface area contributed by atoms with Crippen LogP contribution in [0.2, 0.25) is 10.0 Å². The number of methoxy groups -OCH3 is 2. The zero-order valence-electron chi connectivity index (χ0n) is 24.3. The molecule has 8 nitrogen and oxygen atoms in total. The number of hydrogen-bond acceptors (Lipinski definition) is 8. The van der Waals surface area contributed by atoms with Crippen LogP contribution >= 0.6 is 23.2 Å². The normalized spacial score (nSPS) is 11.4. The van der Waals surface area contributed by atoms with E-state index in [1.165, 1.54) is 0 Å². The molecule has 0 spiro atoms. The molecule has 4 rings (SSSR count). The molecule has 0 atom stereocenters. The Labute approximate surface area is 257 Å². The molecule has 0 amide bonds. The van der Waals surface area contributed by atoms with Crippen LogP contribution in [0.15, 0.2) is 60.8 Å². The van der Waals surface area contributed by atoms with Gasteiger partial charge < -0.3 is 19.7 Å². The van der Waals surface area contributed by atoms with E-state index in [1.807, 2.05) is 78.5 Å². The first-order valence-electron chi connectivity index (χ1n) is 13.5. The predicted molar refractivity (Wildman–Crippen MR) is 168 cm³/mol. The van der Waals surface area contributed by atoms with Gasteiger partial charge in [0.2, 0.25) is 5.88 Å². The highest BCUT2D eigenvalue weighted by molar-refractivity contribution is 6.39. The lowest BCUT2D eigenvalue weighted by Gasteiger charge is -2.18. The molecule has 0 aliphatic carbocycles. The summed E-state index contributed by atoms with van der Waals surface area (Å²) in [5.41, 5.74) is 6.24. The van der Waals surface area contributed by atoms with Gasteiger partial charge in [-0.3, -0.25) is 14.8 Å². The molecule has 0 saturated heterocycles. The van der Waals surface area contributed by atoms with Crippen LogP contribution in [0.5, 0.6) is 11.6 Å². The number of likely N-dealkylation sites (N-methyl/N-ethyl adjacent to an activating group) is 2. The van der Waals surface area contributed by atoms with Crippen LogP contribution in [0.3, 0.4) is 0 Å². The average Bonchev–Trinajstić information content (AvgIpc) is 2.98. The van der Waals surface area contributed by atoms with Gasteiger partial charge in [0.05, 0.1) is 48.9 Å². The predicted octanol–water partition coefficient (Wildman–Crippen LogP) is 5.65. The average molecular weight is 612 g/mol. The highest BCUT2D eigenvalue weighted by atomic mass is 35.5. The number of pyridine rings is 2. The zero-order chi connectivity index (χ0) is 30.2. The van der Waals surface area contributed by atoms with E-state index in [2.05, 4.69) is 4.98 Å². The van der Waals surface area contributed by atoms with Gasteiger partial charge in [-0.1, -0.05) is 59.6 Å². The smallest absolute Gasteiger partial charge is 0.218 e. The van der Waals surface area contributed by atoms with E-state index >= 15 is 0 Å². The second-order valence-corrected chi connectivity index (χ2v) is 10.8. The summed E-state index contributed by atoms with van der Waals surface area (Å²) in [6, 6.07) is 17.4. The lowest BCUT2D eigenvalue weighted by molar-refractivity contribution is 0.215. The van der Waals surface area contributed by atoms with Gasteiger partial charge in [0.1, 0.15) is 5.75 Å². The number of nitrogens with zero attached hydrogens (tertiary/aromatic N) is 4. The minimum absolute atomic E-state index is 0.0773. The molecule has 0 aliphatic heterocycles. The lowest BCUT2D eigenvalue weighted by atomic mass is 9.99. The fourth-order valence-electron chi connectivity index (χ4n) is 4.81. The standard InChI is InChI=1S/C32H36Cl2N4O4/c1-37(14-16-39)19-22-9-8-21(18-28(22)41-3)31-30(34)25(12-13-35-31)24-6-5-7-26(29(24)33)27-11-10-23(32(36-27)42-4)20-38(2)15-17-40/h5-13,18,39-40H,14-17,19-20H2,1-4H3. The summed E-state index contributed by atoms with van der Waals surface area (Å²) >= 11 is 14.0. The molecule has 2 heterocycles. The van der Waals surface area contributed by atoms with Gasteiger partial charge in [-0.15, -0.1) is 0 Å². The molecule has 0 unspecified atom stereocenters. The van der Waals surface area contributed by atoms with Gasteiger partial charge in [0, 0.05) is 65.8 Å². The maximum atomic E-state index is 9.24. The Kier molecular flexibility index (Phi) is 11.2. The van der Waals surface area contributed by atoms with E-state index in [9.17, 15) is 10.2 Å². The molecule has 0 radical (unpaired) electrons. The molecule has 222 valence electrons. The van der Waals surface area contributed by atoms with Gasteiger partial charge in [0.15, 0.2) is 0 Å². The van der Waals surface area contributed by atoms with Crippen molar-refractivity contribution in [3.8, 4) is 45.3 Å². The number of halogens is 2. The Morgan fingerprint density at radius 2 is 1.40 bits per heavy atom. The van der Waals surface area contributed by atoms with Crippen LogP contribution in [0.4, 0.5) is 0 Å². The van der Waals surface area contributed by atoms with Crippen molar-refractivity contribution in [1.29, 1.82) is 0 Å². The van der Waals surface area contributed by atoms with E-state index < -0.39 is 0 Å². The van der Waals surface area contributed by atoms with E-state index in [1.54, 1.807) is 20.4 Å². The highest BCUT2D eigenvalue weighted by Crippen LogP contribution is 2.42. The topological polar surface area (TPSA) is 91.2 Å². The summed E-state index contributed by atoms with van der Waals surface area (Å²) in [4.78, 5) is 13.3. The molecule has 2 aromatic heterocycles. The van der Waals surface area contributed by atoms with Gasteiger partial charge in [-0.05, 0) is 32.3 Å². The van der Waals surface area contributed by atoms with Crippen LogP contribution in [0.1, 0.15) is 11.1 Å². The quantitative estimate of drug-likeness (QED) is 0.201. The van der Waals surface area contributed by atoms with E-state index in [0.717, 1.165) is 33.4 Å². The molecule has 0 bridgehead atoms. The lowest BCUT2D eigenvalue weighted by Crippen LogP contribution is -2.22. The second-order valence-electron chi connectivity index (χ2n) is 10.0. The Balaban J connectivity index is 1.70. The summed E-state index contributed by atoms with van der Waals surface area (Å²) in [6.45, 7) is 2.50. The van der Waals surface area contributed by atoms with Crippen molar-refractivity contribution in [2.45, 2.75) is 13.1 Å². The van der Waals surface area contributed by atoms with Gasteiger partial charge in [0.25, 0.3) is 0 Å². The SMILES string of the molecule is COc1cc(-c2nccc(-c3cccc(-c4ccc(CN(C)CCO)c(OC)n4)c3Cl)c2Cl)ccc1CN(C)CCO. The van der Waals surface area contributed by atoms with Gasteiger partial charge in [-0.25, -0.2) is 4.98 Å². The third-order valence-corrected chi connectivity index (χ3v) is 7.78. The second kappa shape index (κ2) is 14.8. The molecule has 4 aromatic rings. The van der Waals surface area contributed by atoms with Crippen LogP contribution in [0.25, 0.3) is 33.6 Å². The fraction of sp³-hybridized carbons (Fsp3) is 0.312. The van der Waals surface area contributed by atoms with Crippen LogP contribution in [-0.2, 0) is 13.1 Å². The van der Waals surface area contributed by atoms with Gasteiger partial charge in [-0.2, -0.15) is 0 Å². The number of ether oxygens (including phenoxy) is 2. The Morgan fingerprint density at radius 1 is 0.762 bits per heavy atom. The summed E-state index contributed by atoms with van der Waals surface area (Å²) in [7, 11) is 7.10. The number of rotatable bonds is 13. The zero-order valence-corrected chi connectivity index (χ0v) is 25.8. The van der Waals surface area contributed by atoms with Gasteiger partial charge >= 0.3 is 0 Å². The van der Waals surface area contributed by atoms with Crippen LogP contribution in [0, 0.1) is 0 Å². The molecule has 42 heavy (non-hydrogen) atoms. The molecule has 10 heteroatoms. The first kappa shape index (κ1) is 31.7. The van der Waals surface area contributed by atoms with Crippen molar-refractivity contribution in [3.63, 3.8) is 0 Å². The molecular weight excluding hydrogens is 575 g/mol.